The zero-order valence-corrected chi connectivity index (χ0v) is 11.0. The van der Waals surface area contributed by atoms with Crippen molar-refractivity contribution in [3.8, 4) is 23.0 Å². The van der Waals surface area contributed by atoms with Gasteiger partial charge in [0.15, 0.2) is 17.3 Å². The number of ether oxygens (including phenoxy) is 2. The van der Waals surface area contributed by atoms with E-state index < -0.39 is 5.54 Å². The minimum absolute atomic E-state index is 0.423. The fraction of sp³-hybridized carbons (Fsp3) is 0.429. The Balaban J connectivity index is 1.74. The van der Waals surface area contributed by atoms with Crippen LogP contribution in [-0.2, 0) is 5.54 Å². The SMILES string of the molecule is NC1(c2noc(-c3cccc4c3OCCO4)n2)CCC1. The van der Waals surface area contributed by atoms with Crippen molar-refractivity contribution in [1.82, 2.24) is 10.1 Å². The van der Waals surface area contributed by atoms with E-state index >= 15 is 0 Å². The Hall–Kier alpha value is -2.08. The van der Waals surface area contributed by atoms with Crippen LogP contribution in [-0.4, -0.2) is 23.4 Å². The molecule has 2 aliphatic rings. The summed E-state index contributed by atoms with van der Waals surface area (Å²) in [4.78, 5) is 4.44. The van der Waals surface area contributed by atoms with Crippen molar-refractivity contribution in [3.63, 3.8) is 0 Å². The lowest BCUT2D eigenvalue weighted by atomic mass is 9.77. The number of benzene rings is 1. The van der Waals surface area contributed by atoms with Crippen molar-refractivity contribution in [2.45, 2.75) is 24.8 Å². The molecule has 1 saturated carbocycles. The van der Waals surface area contributed by atoms with Crippen LogP contribution >= 0.6 is 0 Å². The smallest absolute Gasteiger partial charge is 0.261 e. The van der Waals surface area contributed by atoms with Crippen molar-refractivity contribution < 1.29 is 14.0 Å². The van der Waals surface area contributed by atoms with E-state index in [1.54, 1.807) is 0 Å². The first-order valence-corrected chi connectivity index (χ1v) is 6.78. The van der Waals surface area contributed by atoms with Crippen molar-refractivity contribution in [2.24, 2.45) is 5.73 Å². The minimum atomic E-state index is -0.423. The first-order chi connectivity index (χ1) is 9.76. The van der Waals surface area contributed by atoms with Gasteiger partial charge in [-0.3, -0.25) is 0 Å². The summed E-state index contributed by atoms with van der Waals surface area (Å²) in [5, 5.41) is 4.03. The number of hydrogen-bond donors (Lipinski definition) is 1. The van der Waals surface area contributed by atoms with Gasteiger partial charge in [0.25, 0.3) is 5.89 Å². The largest absolute Gasteiger partial charge is 0.486 e. The molecular formula is C14H15N3O3. The number of nitrogens with zero attached hydrogens (tertiary/aromatic N) is 2. The molecule has 6 heteroatoms. The molecule has 0 amide bonds. The number of rotatable bonds is 2. The van der Waals surface area contributed by atoms with Gasteiger partial charge in [0.1, 0.15) is 13.2 Å². The molecule has 0 bridgehead atoms. The fourth-order valence-corrected chi connectivity index (χ4v) is 2.56. The Labute approximate surface area is 115 Å². The highest BCUT2D eigenvalue weighted by atomic mass is 16.6. The van der Waals surface area contributed by atoms with Crippen LogP contribution in [0.5, 0.6) is 11.5 Å². The first-order valence-electron chi connectivity index (χ1n) is 6.78. The molecule has 2 N–H and O–H groups in total. The maximum absolute atomic E-state index is 6.21. The topological polar surface area (TPSA) is 83.4 Å². The van der Waals surface area contributed by atoms with Gasteiger partial charge in [-0.15, -0.1) is 0 Å². The van der Waals surface area contributed by atoms with E-state index in [1.807, 2.05) is 18.2 Å². The van der Waals surface area contributed by atoms with Gasteiger partial charge in [0.05, 0.1) is 11.1 Å². The Bertz CT molecular complexity index is 649. The van der Waals surface area contributed by atoms with E-state index in [-0.39, 0.29) is 0 Å². The van der Waals surface area contributed by atoms with Gasteiger partial charge in [-0.25, -0.2) is 0 Å². The predicted octanol–water partition coefficient (Wildman–Crippen LogP) is 1.85. The van der Waals surface area contributed by atoms with E-state index in [2.05, 4.69) is 10.1 Å². The van der Waals surface area contributed by atoms with Crippen molar-refractivity contribution in [2.75, 3.05) is 13.2 Å². The van der Waals surface area contributed by atoms with Crippen LogP contribution in [0.15, 0.2) is 22.7 Å². The molecule has 20 heavy (non-hydrogen) atoms. The Kier molecular flexibility index (Phi) is 2.47. The summed E-state index contributed by atoms with van der Waals surface area (Å²) >= 11 is 0. The summed E-state index contributed by atoms with van der Waals surface area (Å²) in [6.07, 6.45) is 2.91. The standard InChI is InChI=1S/C14H15N3O3/c15-14(5-2-6-14)13-16-12(20-17-13)9-3-1-4-10-11(9)19-8-7-18-10/h1,3-4H,2,5-8,15H2. The number of para-hydroxylation sites is 1. The summed E-state index contributed by atoms with van der Waals surface area (Å²) in [5.74, 6) is 2.38. The maximum atomic E-state index is 6.21. The van der Waals surface area contributed by atoms with Crippen LogP contribution < -0.4 is 15.2 Å². The molecule has 0 radical (unpaired) electrons. The van der Waals surface area contributed by atoms with Crippen LogP contribution in [0.2, 0.25) is 0 Å². The second kappa shape index (κ2) is 4.21. The van der Waals surface area contributed by atoms with E-state index in [0.717, 1.165) is 24.8 Å². The van der Waals surface area contributed by atoms with Crippen LogP contribution in [0.1, 0.15) is 25.1 Å². The summed E-state index contributed by atoms with van der Waals surface area (Å²) in [6, 6.07) is 5.63. The van der Waals surface area contributed by atoms with Crippen molar-refractivity contribution in [3.05, 3.63) is 24.0 Å². The molecule has 2 aromatic rings. The Morgan fingerprint density at radius 3 is 2.80 bits per heavy atom. The number of aromatic nitrogens is 2. The Morgan fingerprint density at radius 1 is 1.15 bits per heavy atom. The molecule has 0 atom stereocenters. The third-order valence-corrected chi connectivity index (χ3v) is 3.91. The highest BCUT2D eigenvalue weighted by Gasteiger charge is 2.39. The van der Waals surface area contributed by atoms with Gasteiger partial charge >= 0.3 is 0 Å². The summed E-state index contributed by atoms with van der Waals surface area (Å²) < 4.78 is 16.6. The quantitative estimate of drug-likeness (QED) is 0.899. The van der Waals surface area contributed by atoms with Crippen LogP contribution in [0.4, 0.5) is 0 Å². The average molecular weight is 273 g/mol. The normalized spacial score (nSPS) is 19.4. The summed E-state index contributed by atoms with van der Waals surface area (Å²) in [5.41, 5.74) is 6.54. The molecule has 0 saturated heterocycles. The van der Waals surface area contributed by atoms with Crippen LogP contribution in [0.3, 0.4) is 0 Å². The number of hydrogen-bond acceptors (Lipinski definition) is 6. The van der Waals surface area contributed by atoms with Crippen LogP contribution in [0.25, 0.3) is 11.5 Å². The third kappa shape index (κ3) is 1.68. The summed E-state index contributed by atoms with van der Waals surface area (Å²) in [7, 11) is 0. The van der Waals surface area contributed by atoms with Gasteiger partial charge in [-0.2, -0.15) is 4.98 Å². The maximum Gasteiger partial charge on any atom is 0.261 e. The monoisotopic (exact) mass is 273 g/mol. The lowest BCUT2D eigenvalue weighted by Gasteiger charge is -2.34. The zero-order chi connectivity index (χ0) is 13.6. The molecule has 1 aromatic carbocycles. The van der Waals surface area contributed by atoms with E-state index in [1.165, 1.54) is 0 Å². The van der Waals surface area contributed by atoms with Crippen LogP contribution in [0, 0.1) is 0 Å². The van der Waals surface area contributed by atoms with Gasteiger partial charge in [0, 0.05) is 0 Å². The second-order valence-corrected chi connectivity index (χ2v) is 5.26. The molecule has 1 fully saturated rings. The lowest BCUT2D eigenvalue weighted by molar-refractivity contribution is 0.172. The van der Waals surface area contributed by atoms with Gasteiger partial charge in [0.2, 0.25) is 0 Å². The minimum Gasteiger partial charge on any atom is -0.486 e. The molecule has 1 aromatic heterocycles. The first kappa shape index (κ1) is 11.7. The molecule has 104 valence electrons. The van der Waals surface area contributed by atoms with E-state index in [0.29, 0.717) is 36.4 Å². The number of fused-ring (bicyclic) bond motifs is 1. The third-order valence-electron chi connectivity index (χ3n) is 3.91. The highest BCUT2D eigenvalue weighted by molar-refractivity contribution is 5.68. The van der Waals surface area contributed by atoms with Crippen molar-refractivity contribution >= 4 is 0 Å². The lowest BCUT2D eigenvalue weighted by Crippen LogP contribution is -2.44. The highest BCUT2D eigenvalue weighted by Crippen LogP contribution is 2.41. The second-order valence-electron chi connectivity index (χ2n) is 5.26. The number of nitrogens with two attached hydrogens (primary N) is 1. The van der Waals surface area contributed by atoms with Gasteiger partial charge < -0.3 is 19.7 Å². The molecular weight excluding hydrogens is 258 g/mol. The van der Waals surface area contributed by atoms with E-state index in [9.17, 15) is 0 Å². The molecule has 1 aliphatic heterocycles. The Morgan fingerprint density at radius 2 is 2.00 bits per heavy atom. The molecule has 0 spiro atoms. The molecule has 6 nitrogen and oxygen atoms in total. The molecule has 0 unspecified atom stereocenters. The average Bonchev–Trinajstić information content (AvgIpc) is 2.94. The predicted molar refractivity (Wildman–Crippen MR) is 70.4 cm³/mol. The molecule has 4 rings (SSSR count). The summed E-state index contributed by atoms with van der Waals surface area (Å²) in [6.45, 7) is 1.07. The van der Waals surface area contributed by atoms with E-state index in [4.69, 9.17) is 19.7 Å². The molecule has 1 aliphatic carbocycles. The fourth-order valence-electron chi connectivity index (χ4n) is 2.56. The van der Waals surface area contributed by atoms with Gasteiger partial charge in [-0.1, -0.05) is 11.2 Å². The zero-order valence-electron chi connectivity index (χ0n) is 11.0. The van der Waals surface area contributed by atoms with Gasteiger partial charge in [-0.05, 0) is 31.4 Å². The molecule has 2 heterocycles. The van der Waals surface area contributed by atoms with Crippen molar-refractivity contribution in [1.29, 1.82) is 0 Å².